The van der Waals surface area contributed by atoms with Crippen molar-refractivity contribution >= 4 is 21.9 Å². The van der Waals surface area contributed by atoms with E-state index >= 15 is 0 Å². The third kappa shape index (κ3) is 5.16. The summed E-state index contributed by atoms with van der Waals surface area (Å²) in [6.45, 7) is 2.82. The van der Waals surface area contributed by atoms with Gasteiger partial charge in [0, 0.05) is 4.47 Å². The number of benzene rings is 2. The fourth-order valence-electron chi connectivity index (χ4n) is 1.94. The van der Waals surface area contributed by atoms with Crippen LogP contribution in [0.4, 0.5) is 0 Å². The summed E-state index contributed by atoms with van der Waals surface area (Å²) >= 11 is 3.28. The van der Waals surface area contributed by atoms with Crippen LogP contribution in [-0.4, -0.2) is 23.8 Å². The minimum Gasteiger partial charge on any atom is -0.488 e. The minimum absolute atomic E-state index is 0.181. The Balaban J connectivity index is 1.86. The molecular formula is C17H17BrO4. The van der Waals surface area contributed by atoms with E-state index in [4.69, 9.17) is 14.6 Å². The summed E-state index contributed by atoms with van der Waals surface area (Å²) in [5.41, 5.74) is 1.28. The van der Waals surface area contributed by atoms with Crippen LogP contribution >= 0.6 is 15.9 Å². The van der Waals surface area contributed by atoms with Gasteiger partial charge in [-0.25, -0.2) is 4.79 Å². The Labute approximate surface area is 137 Å². The number of halogens is 1. The van der Waals surface area contributed by atoms with Crippen molar-refractivity contribution in [3.05, 3.63) is 64.1 Å². The molecule has 22 heavy (non-hydrogen) atoms. The molecule has 0 aromatic heterocycles. The molecule has 2 aromatic carbocycles. The number of hydrogen-bond acceptors (Lipinski definition) is 3. The molecule has 0 heterocycles. The van der Waals surface area contributed by atoms with E-state index in [1.807, 2.05) is 37.3 Å². The summed E-state index contributed by atoms with van der Waals surface area (Å²) in [6.07, 6.45) is -0.181. The Morgan fingerprint density at radius 3 is 2.64 bits per heavy atom. The predicted molar refractivity (Wildman–Crippen MR) is 87.3 cm³/mol. The Kier molecular flexibility index (Phi) is 5.98. The van der Waals surface area contributed by atoms with Gasteiger partial charge in [-0.05, 0) is 30.7 Å². The lowest BCUT2D eigenvalue weighted by molar-refractivity contribution is 0.0491. The molecule has 2 rings (SSSR count). The van der Waals surface area contributed by atoms with Crippen molar-refractivity contribution in [3.63, 3.8) is 0 Å². The van der Waals surface area contributed by atoms with E-state index < -0.39 is 5.97 Å². The Bertz CT molecular complexity index is 628. The molecule has 0 saturated heterocycles. The smallest absolute Gasteiger partial charge is 0.335 e. The maximum Gasteiger partial charge on any atom is 0.335 e. The highest BCUT2D eigenvalue weighted by Gasteiger charge is 2.10. The number of carboxylic acid groups (broad SMARTS) is 1. The summed E-state index contributed by atoms with van der Waals surface area (Å²) in [6, 6.07) is 14.7. The molecule has 1 atom stereocenters. The molecule has 1 N–H and O–H groups in total. The SMILES string of the molecule is CC(COCc1ccccc1)Oc1cc(Br)cc(C(=O)O)c1. The fourth-order valence-corrected chi connectivity index (χ4v) is 2.41. The van der Waals surface area contributed by atoms with E-state index in [0.29, 0.717) is 23.4 Å². The zero-order valence-electron chi connectivity index (χ0n) is 12.2. The van der Waals surface area contributed by atoms with E-state index in [1.54, 1.807) is 6.07 Å². The van der Waals surface area contributed by atoms with E-state index in [1.165, 1.54) is 12.1 Å². The first-order valence-electron chi connectivity index (χ1n) is 6.87. The number of hydrogen-bond donors (Lipinski definition) is 1. The monoisotopic (exact) mass is 364 g/mol. The standard InChI is InChI=1S/C17H17BrO4/c1-12(10-21-11-13-5-3-2-4-6-13)22-16-8-14(17(19)20)7-15(18)9-16/h2-9,12H,10-11H2,1H3,(H,19,20). The van der Waals surface area contributed by atoms with Crippen molar-refractivity contribution in [1.29, 1.82) is 0 Å². The lowest BCUT2D eigenvalue weighted by Gasteiger charge is -2.15. The van der Waals surface area contributed by atoms with Gasteiger partial charge in [0.15, 0.2) is 0 Å². The minimum atomic E-state index is -0.987. The molecule has 0 fully saturated rings. The lowest BCUT2D eigenvalue weighted by Crippen LogP contribution is -2.19. The topological polar surface area (TPSA) is 55.8 Å². The van der Waals surface area contributed by atoms with Gasteiger partial charge in [0.2, 0.25) is 0 Å². The first-order chi connectivity index (χ1) is 10.5. The number of aromatic carboxylic acids is 1. The first-order valence-corrected chi connectivity index (χ1v) is 7.66. The van der Waals surface area contributed by atoms with Gasteiger partial charge in [-0.15, -0.1) is 0 Å². The quantitative estimate of drug-likeness (QED) is 0.802. The summed E-state index contributed by atoms with van der Waals surface area (Å²) in [5.74, 6) is -0.485. The molecule has 0 aliphatic heterocycles. The Morgan fingerprint density at radius 1 is 1.23 bits per heavy atom. The predicted octanol–water partition coefficient (Wildman–Crippen LogP) is 4.13. The summed E-state index contributed by atoms with van der Waals surface area (Å²) in [7, 11) is 0. The average Bonchev–Trinajstić information content (AvgIpc) is 2.47. The average molecular weight is 365 g/mol. The second kappa shape index (κ2) is 7.96. The van der Waals surface area contributed by atoms with E-state index in [-0.39, 0.29) is 11.7 Å². The maximum atomic E-state index is 11.0. The van der Waals surface area contributed by atoms with E-state index in [9.17, 15) is 4.79 Å². The number of carboxylic acids is 1. The first kappa shape index (κ1) is 16.5. The summed E-state index contributed by atoms with van der Waals surface area (Å²) < 4.78 is 12.0. The van der Waals surface area contributed by atoms with Crippen LogP contribution in [0.2, 0.25) is 0 Å². The molecule has 0 spiro atoms. The Hall–Kier alpha value is -1.85. The van der Waals surface area contributed by atoms with Crippen LogP contribution < -0.4 is 4.74 Å². The van der Waals surface area contributed by atoms with Gasteiger partial charge in [0.25, 0.3) is 0 Å². The van der Waals surface area contributed by atoms with Crippen molar-refractivity contribution in [2.45, 2.75) is 19.6 Å². The van der Waals surface area contributed by atoms with Crippen LogP contribution in [0.1, 0.15) is 22.8 Å². The summed E-state index contributed by atoms with van der Waals surface area (Å²) in [4.78, 5) is 11.0. The van der Waals surface area contributed by atoms with Crippen LogP contribution in [-0.2, 0) is 11.3 Å². The zero-order valence-corrected chi connectivity index (χ0v) is 13.7. The highest BCUT2D eigenvalue weighted by molar-refractivity contribution is 9.10. The Morgan fingerprint density at radius 2 is 1.95 bits per heavy atom. The molecule has 2 aromatic rings. The maximum absolute atomic E-state index is 11.0. The third-order valence-corrected chi connectivity index (χ3v) is 3.38. The normalized spacial score (nSPS) is 11.9. The number of carbonyl (C=O) groups is 1. The molecule has 0 aliphatic rings. The number of rotatable bonds is 7. The van der Waals surface area contributed by atoms with Crippen LogP contribution in [0.25, 0.3) is 0 Å². The molecule has 0 amide bonds. The van der Waals surface area contributed by atoms with Gasteiger partial charge < -0.3 is 14.6 Å². The van der Waals surface area contributed by atoms with E-state index in [2.05, 4.69) is 15.9 Å². The molecule has 4 nitrogen and oxygen atoms in total. The molecule has 0 saturated carbocycles. The fraction of sp³-hybridized carbons (Fsp3) is 0.235. The number of ether oxygens (including phenoxy) is 2. The van der Waals surface area contributed by atoms with Gasteiger partial charge in [0.1, 0.15) is 11.9 Å². The third-order valence-electron chi connectivity index (χ3n) is 2.92. The van der Waals surface area contributed by atoms with Gasteiger partial charge in [-0.3, -0.25) is 0 Å². The van der Waals surface area contributed by atoms with Crippen molar-refractivity contribution in [2.75, 3.05) is 6.61 Å². The van der Waals surface area contributed by atoms with E-state index in [0.717, 1.165) is 5.56 Å². The zero-order chi connectivity index (χ0) is 15.9. The molecule has 116 valence electrons. The molecule has 5 heteroatoms. The molecular weight excluding hydrogens is 348 g/mol. The van der Waals surface area contributed by atoms with Crippen LogP contribution in [0.5, 0.6) is 5.75 Å². The summed E-state index contributed by atoms with van der Waals surface area (Å²) in [5, 5.41) is 9.03. The van der Waals surface area contributed by atoms with Crippen molar-refractivity contribution in [1.82, 2.24) is 0 Å². The van der Waals surface area contributed by atoms with Crippen molar-refractivity contribution < 1.29 is 19.4 Å². The highest BCUT2D eigenvalue weighted by atomic mass is 79.9. The van der Waals surface area contributed by atoms with Crippen molar-refractivity contribution in [2.24, 2.45) is 0 Å². The van der Waals surface area contributed by atoms with Crippen molar-refractivity contribution in [3.8, 4) is 5.75 Å². The molecule has 0 aliphatic carbocycles. The molecule has 1 unspecified atom stereocenters. The second-order valence-electron chi connectivity index (χ2n) is 4.91. The van der Waals surface area contributed by atoms with Crippen LogP contribution in [0.3, 0.4) is 0 Å². The van der Waals surface area contributed by atoms with Gasteiger partial charge >= 0.3 is 5.97 Å². The second-order valence-corrected chi connectivity index (χ2v) is 5.83. The van der Waals surface area contributed by atoms with Crippen LogP contribution in [0, 0.1) is 0 Å². The van der Waals surface area contributed by atoms with Crippen LogP contribution in [0.15, 0.2) is 53.0 Å². The molecule has 0 radical (unpaired) electrons. The lowest BCUT2D eigenvalue weighted by atomic mass is 10.2. The highest BCUT2D eigenvalue weighted by Crippen LogP contribution is 2.22. The molecule has 0 bridgehead atoms. The largest absolute Gasteiger partial charge is 0.488 e. The van der Waals surface area contributed by atoms with Gasteiger partial charge in [0.05, 0.1) is 18.8 Å². The van der Waals surface area contributed by atoms with Gasteiger partial charge in [-0.2, -0.15) is 0 Å². The van der Waals surface area contributed by atoms with Gasteiger partial charge in [-0.1, -0.05) is 46.3 Å².